The Morgan fingerprint density at radius 1 is 1.56 bits per heavy atom. The molecule has 0 aromatic heterocycles. The minimum atomic E-state index is -0.991. The Morgan fingerprint density at radius 2 is 2.28 bits per heavy atom. The van der Waals surface area contributed by atoms with Gasteiger partial charge in [0, 0.05) is 24.7 Å². The Labute approximate surface area is 105 Å². The minimum Gasteiger partial charge on any atom is -0.478 e. The molecule has 18 heavy (non-hydrogen) atoms. The fourth-order valence-electron chi connectivity index (χ4n) is 2.22. The van der Waals surface area contributed by atoms with Crippen molar-refractivity contribution in [2.75, 3.05) is 11.4 Å². The first kappa shape index (κ1) is 12.6. The molecule has 96 valence electrons. The summed E-state index contributed by atoms with van der Waals surface area (Å²) in [6.45, 7) is 2.43. The molecule has 0 radical (unpaired) electrons. The summed E-state index contributed by atoms with van der Waals surface area (Å²) < 4.78 is 0. The molecule has 1 heterocycles. The predicted octanol–water partition coefficient (Wildman–Crippen LogP) is 1.01. The van der Waals surface area contributed by atoms with Gasteiger partial charge in [-0.15, -0.1) is 0 Å². The van der Waals surface area contributed by atoms with Crippen LogP contribution in [0.2, 0.25) is 0 Å². The lowest BCUT2D eigenvalue weighted by molar-refractivity contribution is -0.117. The second kappa shape index (κ2) is 4.78. The molecule has 5 heteroatoms. The number of rotatable bonds is 3. The quantitative estimate of drug-likeness (QED) is 0.836. The first-order chi connectivity index (χ1) is 8.52. The molecule has 0 aliphatic carbocycles. The maximum atomic E-state index is 11.8. The number of nitrogens with two attached hydrogens (primary N) is 1. The van der Waals surface area contributed by atoms with Gasteiger partial charge in [0.2, 0.25) is 5.91 Å². The summed E-state index contributed by atoms with van der Waals surface area (Å²) in [5.41, 5.74) is 7.59. The number of benzene rings is 1. The van der Waals surface area contributed by atoms with E-state index in [1.54, 1.807) is 23.1 Å². The number of carboxylic acids is 1. The summed E-state index contributed by atoms with van der Waals surface area (Å²) in [4.78, 5) is 24.4. The third kappa shape index (κ3) is 2.22. The van der Waals surface area contributed by atoms with E-state index in [-0.39, 0.29) is 17.5 Å². The highest BCUT2D eigenvalue weighted by Crippen LogP contribution is 2.27. The number of aryl methyl sites for hydroxylation is 1. The van der Waals surface area contributed by atoms with Crippen molar-refractivity contribution in [2.45, 2.75) is 25.8 Å². The standard InChI is InChI=1S/C13H16N2O3/c1-2-8-3-4-9(13(17)18)5-11(8)15-7-10(14)6-12(15)16/h3-5,10H,2,6-7,14H2,1H3,(H,17,18). The van der Waals surface area contributed by atoms with Gasteiger partial charge in [-0.2, -0.15) is 0 Å². The van der Waals surface area contributed by atoms with Crippen molar-refractivity contribution in [3.8, 4) is 0 Å². The molecular weight excluding hydrogens is 232 g/mol. The van der Waals surface area contributed by atoms with Crippen LogP contribution in [-0.4, -0.2) is 29.6 Å². The summed E-state index contributed by atoms with van der Waals surface area (Å²) in [6, 6.07) is 4.70. The van der Waals surface area contributed by atoms with Crippen LogP contribution in [0.1, 0.15) is 29.3 Å². The molecule has 1 aromatic carbocycles. The molecule has 1 aliphatic rings. The number of aromatic carboxylic acids is 1. The number of carbonyl (C=O) groups excluding carboxylic acids is 1. The summed E-state index contributed by atoms with van der Waals surface area (Å²) in [6.07, 6.45) is 1.06. The third-order valence-corrected chi connectivity index (χ3v) is 3.16. The van der Waals surface area contributed by atoms with Crippen LogP contribution >= 0.6 is 0 Å². The third-order valence-electron chi connectivity index (χ3n) is 3.16. The van der Waals surface area contributed by atoms with Crippen molar-refractivity contribution in [1.82, 2.24) is 0 Å². The molecule has 2 rings (SSSR count). The first-order valence-corrected chi connectivity index (χ1v) is 5.95. The van der Waals surface area contributed by atoms with Crippen molar-refractivity contribution in [1.29, 1.82) is 0 Å². The van der Waals surface area contributed by atoms with Crippen molar-refractivity contribution >= 4 is 17.6 Å². The Balaban J connectivity index is 2.44. The Bertz CT molecular complexity index is 499. The van der Waals surface area contributed by atoms with E-state index in [2.05, 4.69) is 0 Å². The van der Waals surface area contributed by atoms with Crippen molar-refractivity contribution in [3.63, 3.8) is 0 Å². The highest BCUT2D eigenvalue weighted by atomic mass is 16.4. The smallest absolute Gasteiger partial charge is 0.335 e. The second-order valence-electron chi connectivity index (χ2n) is 4.47. The Kier molecular flexibility index (Phi) is 3.34. The average Bonchev–Trinajstić information content (AvgIpc) is 2.67. The Morgan fingerprint density at radius 3 is 2.78 bits per heavy atom. The van der Waals surface area contributed by atoms with Crippen LogP contribution in [0.15, 0.2) is 18.2 Å². The van der Waals surface area contributed by atoms with E-state index in [9.17, 15) is 9.59 Å². The van der Waals surface area contributed by atoms with Gasteiger partial charge in [0.1, 0.15) is 0 Å². The maximum absolute atomic E-state index is 11.8. The van der Waals surface area contributed by atoms with Crippen molar-refractivity contribution in [2.24, 2.45) is 5.73 Å². The van der Waals surface area contributed by atoms with Gasteiger partial charge >= 0.3 is 5.97 Å². The zero-order valence-corrected chi connectivity index (χ0v) is 10.2. The minimum absolute atomic E-state index is 0.0419. The molecule has 1 fully saturated rings. The second-order valence-corrected chi connectivity index (χ2v) is 4.47. The van der Waals surface area contributed by atoms with E-state index in [0.717, 1.165) is 12.0 Å². The van der Waals surface area contributed by atoms with Gasteiger partial charge in [0.15, 0.2) is 0 Å². The van der Waals surface area contributed by atoms with E-state index in [0.29, 0.717) is 18.7 Å². The molecule has 5 nitrogen and oxygen atoms in total. The number of carboxylic acid groups (broad SMARTS) is 1. The number of hydrogen-bond acceptors (Lipinski definition) is 3. The van der Waals surface area contributed by atoms with E-state index in [1.807, 2.05) is 6.92 Å². The first-order valence-electron chi connectivity index (χ1n) is 5.95. The molecule has 0 saturated carbocycles. The van der Waals surface area contributed by atoms with E-state index >= 15 is 0 Å². The van der Waals surface area contributed by atoms with Crippen LogP contribution in [0.5, 0.6) is 0 Å². The lowest BCUT2D eigenvalue weighted by Crippen LogP contribution is -2.29. The van der Waals surface area contributed by atoms with E-state index in [1.165, 1.54) is 0 Å². The summed E-state index contributed by atoms with van der Waals surface area (Å²) in [7, 11) is 0. The molecule has 0 spiro atoms. The van der Waals surface area contributed by atoms with Gasteiger partial charge < -0.3 is 15.7 Å². The monoisotopic (exact) mass is 248 g/mol. The summed E-state index contributed by atoms with van der Waals surface area (Å²) in [5.74, 6) is -1.03. The van der Waals surface area contributed by atoms with Crippen molar-refractivity contribution in [3.05, 3.63) is 29.3 Å². The molecule has 1 amide bonds. The fraction of sp³-hybridized carbons (Fsp3) is 0.385. The summed E-state index contributed by atoms with van der Waals surface area (Å²) in [5, 5.41) is 9.01. The molecule has 1 atom stereocenters. The maximum Gasteiger partial charge on any atom is 0.335 e. The highest BCUT2D eigenvalue weighted by Gasteiger charge is 2.29. The molecular formula is C13H16N2O3. The van der Waals surface area contributed by atoms with Crippen LogP contribution in [0.4, 0.5) is 5.69 Å². The number of carbonyl (C=O) groups is 2. The molecule has 0 bridgehead atoms. The van der Waals surface area contributed by atoms with Gasteiger partial charge in [-0.1, -0.05) is 13.0 Å². The van der Waals surface area contributed by atoms with Crippen LogP contribution < -0.4 is 10.6 Å². The summed E-state index contributed by atoms with van der Waals surface area (Å²) >= 11 is 0. The fourth-order valence-corrected chi connectivity index (χ4v) is 2.22. The largest absolute Gasteiger partial charge is 0.478 e. The molecule has 1 saturated heterocycles. The number of anilines is 1. The molecule has 1 unspecified atom stereocenters. The topological polar surface area (TPSA) is 83.6 Å². The van der Waals surface area contributed by atoms with Crippen LogP contribution in [0.25, 0.3) is 0 Å². The zero-order chi connectivity index (χ0) is 13.3. The van der Waals surface area contributed by atoms with Crippen molar-refractivity contribution < 1.29 is 14.7 Å². The lowest BCUT2D eigenvalue weighted by atomic mass is 10.1. The molecule has 1 aliphatic heterocycles. The average molecular weight is 248 g/mol. The lowest BCUT2D eigenvalue weighted by Gasteiger charge is -2.20. The number of nitrogens with zero attached hydrogens (tertiary/aromatic N) is 1. The SMILES string of the molecule is CCc1ccc(C(=O)O)cc1N1CC(N)CC1=O. The zero-order valence-electron chi connectivity index (χ0n) is 10.2. The van der Waals surface area contributed by atoms with Gasteiger partial charge in [-0.25, -0.2) is 4.79 Å². The molecule has 3 N–H and O–H groups in total. The predicted molar refractivity (Wildman–Crippen MR) is 67.7 cm³/mol. The Hall–Kier alpha value is -1.88. The van der Waals surface area contributed by atoms with Gasteiger partial charge in [-0.3, -0.25) is 4.79 Å². The van der Waals surface area contributed by atoms with E-state index in [4.69, 9.17) is 10.8 Å². The van der Waals surface area contributed by atoms with E-state index < -0.39 is 5.97 Å². The van der Waals surface area contributed by atoms with Gasteiger partial charge in [0.25, 0.3) is 0 Å². The van der Waals surface area contributed by atoms with Gasteiger partial charge in [0.05, 0.1) is 5.56 Å². The highest BCUT2D eigenvalue weighted by molar-refractivity contribution is 5.98. The number of hydrogen-bond donors (Lipinski definition) is 2. The van der Waals surface area contributed by atoms with Gasteiger partial charge in [-0.05, 0) is 24.1 Å². The molecule has 1 aromatic rings. The normalized spacial score (nSPS) is 19.3. The van der Waals surface area contributed by atoms with Crippen LogP contribution in [0, 0.1) is 0 Å². The number of amides is 1. The van der Waals surface area contributed by atoms with Crippen LogP contribution in [0.3, 0.4) is 0 Å². The van der Waals surface area contributed by atoms with Crippen LogP contribution in [-0.2, 0) is 11.2 Å².